The Balaban J connectivity index is 3.20. The third-order valence-electron chi connectivity index (χ3n) is 1.95. The van der Waals surface area contributed by atoms with Gasteiger partial charge in [0.05, 0.1) is 5.56 Å². The third kappa shape index (κ3) is 1.96. The average Bonchev–Trinajstić information content (AvgIpc) is 2.03. The summed E-state index contributed by atoms with van der Waals surface area (Å²) >= 11 is 0. The van der Waals surface area contributed by atoms with E-state index in [9.17, 15) is 4.79 Å². The first-order valence-corrected chi connectivity index (χ1v) is 4.02. The van der Waals surface area contributed by atoms with E-state index < -0.39 is 5.97 Å². The summed E-state index contributed by atoms with van der Waals surface area (Å²) in [4.78, 5) is 10.7. The molecule has 0 fully saturated rings. The van der Waals surface area contributed by atoms with Crippen molar-refractivity contribution in [2.45, 2.75) is 13.8 Å². The molecular formula is C11H12O2. The second-order valence-corrected chi connectivity index (χ2v) is 3.12. The number of hydrogen-bond donors (Lipinski definition) is 1. The smallest absolute Gasteiger partial charge is 0.335 e. The zero-order valence-corrected chi connectivity index (χ0v) is 7.79. The molecule has 0 radical (unpaired) electrons. The Labute approximate surface area is 77.5 Å². The highest BCUT2D eigenvalue weighted by molar-refractivity contribution is 5.89. The van der Waals surface area contributed by atoms with Crippen molar-refractivity contribution in [2.75, 3.05) is 0 Å². The summed E-state index contributed by atoms with van der Waals surface area (Å²) in [6, 6.07) is 5.23. The van der Waals surface area contributed by atoms with E-state index in [2.05, 4.69) is 6.58 Å². The van der Waals surface area contributed by atoms with Crippen LogP contribution in [0.2, 0.25) is 0 Å². The molecule has 0 atom stereocenters. The van der Waals surface area contributed by atoms with E-state index in [1.54, 1.807) is 19.1 Å². The molecule has 0 aliphatic carbocycles. The lowest BCUT2D eigenvalue weighted by Crippen LogP contribution is -1.99. The maximum atomic E-state index is 10.7. The minimum atomic E-state index is -0.884. The van der Waals surface area contributed by atoms with Gasteiger partial charge in [-0.05, 0) is 31.0 Å². The van der Waals surface area contributed by atoms with Crippen molar-refractivity contribution in [3.8, 4) is 0 Å². The molecule has 2 heteroatoms. The van der Waals surface area contributed by atoms with Gasteiger partial charge >= 0.3 is 5.97 Å². The molecule has 1 aromatic rings. The Bertz CT molecular complexity index is 364. The summed E-state index contributed by atoms with van der Waals surface area (Å²) in [6.45, 7) is 7.48. The predicted molar refractivity (Wildman–Crippen MR) is 52.8 cm³/mol. The Morgan fingerprint density at radius 2 is 2.08 bits per heavy atom. The van der Waals surface area contributed by atoms with E-state index in [1.807, 2.05) is 13.0 Å². The number of aromatic carboxylic acids is 1. The molecule has 2 nitrogen and oxygen atoms in total. The topological polar surface area (TPSA) is 37.3 Å². The van der Waals surface area contributed by atoms with Gasteiger partial charge in [-0.1, -0.05) is 24.3 Å². The Kier molecular flexibility index (Phi) is 2.52. The standard InChI is InChI=1S/C11H12O2/c1-7(2)9-4-5-10(11(12)13)8(3)6-9/h4-6H,1H2,2-3H3,(H,12,13). The summed E-state index contributed by atoms with van der Waals surface area (Å²) in [5.74, 6) is -0.884. The Morgan fingerprint density at radius 3 is 2.46 bits per heavy atom. The van der Waals surface area contributed by atoms with Crippen LogP contribution in [0.3, 0.4) is 0 Å². The van der Waals surface area contributed by atoms with E-state index in [1.165, 1.54) is 0 Å². The molecule has 0 unspecified atom stereocenters. The highest BCUT2D eigenvalue weighted by atomic mass is 16.4. The molecule has 0 bridgehead atoms. The fourth-order valence-corrected chi connectivity index (χ4v) is 1.17. The molecule has 1 aromatic carbocycles. The van der Waals surface area contributed by atoms with Crippen LogP contribution in [0.15, 0.2) is 24.8 Å². The van der Waals surface area contributed by atoms with Crippen molar-refractivity contribution in [3.63, 3.8) is 0 Å². The largest absolute Gasteiger partial charge is 0.478 e. The number of allylic oxidation sites excluding steroid dienone is 1. The van der Waals surface area contributed by atoms with Crippen LogP contribution >= 0.6 is 0 Å². The first kappa shape index (κ1) is 9.52. The van der Waals surface area contributed by atoms with Crippen molar-refractivity contribution >= 4 is 11.5 Å². The first-order valence-electron chi connectivity index (χ1n) is 4.02. The van der Waals surface area contributed by atoms with Crippen LogP contribution < -0.4 is 0 Å². The van der Waals surface area contributed by atoms with Gasteiger partial charge in [0, 0.05) is 0 Å². The maximum absolute atomic E-state index is 10.7. The Morgan fingerprint density at radius 1 is 1.46 bits per heavy atom. The van der Waals surface area contributed by atoms with Gasteiger partial charge in [0.1, 0.15) is 0 Å². The molecule has 0 heterocycles. The molecule has 13 heavy (non-hydrogen) atoms. The second-order valence-electron chi connectivity index (χ2n) is 3.12. The fraction of sp³-hybridized carbons (Fsp3) is 0.182. The summed E-state index contributed by atoms with van der Waals surface area (Å²) in [6.07, 6.45) is 0. The van der Waals surface area contributed by atoms with Crippen molar-refractivity contribution in [1.29, 1.82) is 0 Å². The van der Waals surface area contributed by atoms with Crippen LogP contribution in [0.4, 0.5) is 0 Å². The number of aryl methyl sites for hydroxylation is 1. The minimum absolute atomic E-state index is 0.352. The molecule has 0 saturated heterocycles. The van der Waals surface area contributed by atoms with Crippen molar-refractivity contribution < 1.29 is 9.90 Å². The molecular weight excluding hydrogens is 164 g/mol. The van der Waals surface area contributed by atoms with E-state index in [0.717, 1.165) is 16.7 Å². The molecule has 0 saturated carbocycles. The summed E-state index contributed by atoms with van der Waals surface area (Å²) in [5, 5.41) is 8.77. The molecule has 0 spiro atoms. The molecule has 0 amide bonds. The van der Waals surface area contributed by atoms with Crippen molar-refractivity contribution in [2.24, 2.45) is 0 Å². The molecule has 1 N–H and O–H groups in total. The number of hydrogen-bond acceptors (Lipinski definition) is 1. The van der Waals surface area contributed by atoms with Gasteiger partial charge in [-0.3, -0.25) is 0 Å². The molecule has 0 aromatic heterocycles. The van der Waals surface area contributed by atoms with Crippen LogP contribution in [-0.4, -0.2) is 11.1 Å². The quantitative estimate of drug-likeness (QED) is 0.752. The number of carbonyl (C=O) groups is 1. The van der Waals surface area contributed by atoms with Gasteiger partial charge in [0.2, 0.25) is 0 Å². The number of carboxylic acids is 1. The van der Waals surface area contributed by atoms with E-state index in [0.29, 0.717) is 5.56 Å². The highest BCUT2D eigenvalue weighted by Crippen LogP contribution is 2.16. The van der Waals surface area contributed by atoms with Crippen LogP contribution in [-0.2, 0) is 0 Å². The number of carboxylic acid groups (broad SMARTS) is 1. The summed E-state index contributed by atoms with van der Waals surface area (Å²) in [5.41, 5.74) is 3.06. The monoisotopic (exact) mass is 176 g/mol. The zero-order chi connectivity index (χ0) is 10.0. The van der Waals surface area contributed by atoms with Crippen molar-refractivity contribution in [3.05, 3.63) is 41.5 Å². The first-order chi connectivity index (χ1) is 6.02. The lowest BCUT2D eigenvalue weighted by molar-refractivity contribution is 0.0696. The lowest BCUT2D eigenvalue weighted by Gasteiger charge is -2.04. The normalized spacial score (nSPS) is 9.69. The third-order valence-corrected chi connectivity index (χ3v) is 1.95. The Hall–Kier alpha value is -1.57. The SMILES string of the molecule is C=C(C)c1ccc(C(=O)O)c(C)c1. The molecule has 1 rings (SSSR count). The molecule has 0 aliphatic heterocycles. The van der Waals surface area contributed by atoms with Gasteiger partial charge in [0.15, 0.2) is 0 Å². The fourth-order valence-electron chi connectivity index (χ4n) is 1.17. The molecule has 68 valence electrons. The van der Waals surface area contributed by atoms with Crippen LogP contribution in [0, 0.1) is 6.92 Å². The second kappa shape index (κ2) is 3.44. The zero-order valence-electron chi connectivity index (χ0n) is 7.79. The van der Waals surface area contributed by atoms with Gasteiger partial charge in [-0.2, -0.15) is 0 Å². The maximum Gasteiger partial charge on any atom is 0.335 e. The summed E-state index contributed by atoms with van der Waals surface area (Å²) in [7, 11) is 0. The van der Waals surface area contributed by atoms with Gasteiger partial charge in [-0.15, -0.1) is 0 Å². The molecule has 0 aliphatic rings. The van der Waals surface area contributed by atoms with E-state index >= 15 is 0 Å². The van der Waals surface area contributed by atoms with Gasteiger partial charge in [-0.25, -0.2) is 4.79 Å². The predicted octanol–water partition coefficient (Wildman–Crippen LogP) is 2.73. The highest BCUT2D eigenvalue weighted by Gasteiger charge is 2.06. The van der Waals surface area contributed by atoms with Crippen LogP contribution in [0.5, 0.6) is 0 Å². The number of rotatable bonds is 2. The van der Waals surface area contributed by atoms with Crippen LogP contribution in [0.25, 0.3) is 5.57 Å². The number of benzene rings is 1. The lowest BCUT2D eigenvalue weighted by atomic mass is 10.0. The van der Waals surface area contributed by atoms with Gasteiger partial charge < -0.3 is 5.11 Å². The van der Waals surface area contributed by atoms with E-state index in [-0.39, 0.29) is 0 Å². The van der Waals surface area contributed by atoms with Gasteiger partial charge in [0.25, 0.3) is 0 Å². The van der Waals surface area contributed by atoms with Crippen molar-refractivity contribution in [1.82, 2.24) is 0 Å². The summed E-state index contributed by atoms with van der Waals surface area (Å²) < 4.78 is 0. The van der Waals surface area contributed by atoms with E-state index in [4.69, 9.17) is 5.11 Å². The minimum Gasteiger partial charge on any atom is -0.478 e. The van der Waals surface area contributed by atoms with Crippen LogP contribution in [0.1, 0.15) is 28.4 Å². The average molecular weight is 176 g/mol.